The van der Waals surface area contributed by atoms with Gasteiger partial charge in [0.2, 0.25) is 11.8 Å². The molecular formula is C24H21BrN2O4. The van der Waals surface area contributed by atoms with Crippen molar-refractivity contribution in [1.82, 2.24) is 4.90 Å². The number of aliphatic carboxylic acids is 1. The third-order valence-electron chi connectivity index (χ3n) is 7.67. The number of imide groups is 1. The average Bonchev–Trinajstić information content (AvgIpc) is 3.09. The number of carboxylic acid groups (broad SMARTS) is 1. The van der Waals surface area contributed by atoms with Gasteiger partial charge in [0.1, 0.15) is 6.04 Å². The predicted molar refractivity (Wildman–Crippen MR) is 116 cm³/mol. The molecule has 7 atom stereocenters. The van der Waals surface area contributed by atoms with Crippen molar-refractivity contribution in [2.24, 2.45) is 23.7 Å². The van der Waals surface area contributed by atoms with Gasteiger partial charge in [-0.15, -0.1) is 0 Å². The molecule has 6 rings (SSSR count). The van der Waals surface area contributed by atoms with Crippen LogP contribution in [0.5, 0.6) is 0 Å². The molecule has 1 N–H and O–H groups in total. The largest absolute Gasteiger partial charge is 0.480 e. The van der Waals surface area contributed by atoms with Crippen molar-refractivity contribution >= 4 is 39.4 Å². The molecule has 2 heterocycles. The number of hydrogen-bond acceptors (Lipinski definition) is 4. The number of fused-ring (bicyclic) bond motifs is 8. The van der Waals surface area contributed by atoms with Gasteiger partial charge in [-0.25, -0.2) is 4.79 Å². The number of halogens is 1. The molecule has 31 heavy (non-hydrogen) atoms. The lowest BCUT2D eigenvalue weighted by Gasteiger charge is -2.25. The van der Waals surface area contributed by atoms with Gasteiger partial charge in [-0.2, -0.15) is 0 Å². The molecular weight excluding hydrogens is 460 g/mol. The number of amides is 2. The minimum absolute atomic E-state index is 0.122. The average molecular weight is 481 g/mol. The van der Waals surface area contributed by atoms with E-state index in [1.54, 1.807) is 0 Å². The third-order valence-corrected chi connectivity index (χ3v) is 8.20. The van der Waals surface area contributed by atoms with E-state index in [0.29, 0.717) is 0 Å². The molecule has 2 aromatic carbocycles. The van der Waals surface area contributed by atoms with Gasteiger partial charge < -0.3 is 10.0 Å². The van der Waals surface area contributed by atoms with E-state index in [1.165, 1.54) is 0 Å². The molecule has 2 aromatic rings. The number of nitrogens with zero attached hydrogens (tertiary/aromatic N) is 2. The summed E-state index contributed by atoms with van der Waals surface area (Å²) in [6, 6.07) is 16.7. The summed E-state index contributed by atoms with van der Waals surface area (Å²) in [6.07, 6.45) is 1.03. The first-order chi connectivity index (χ1) is 15.0. The van der Waals surface area contributed by atoms with E-state index in [4.69, 9.17) is 0 Å². The van der Waals surface area contributed by atoms with E-state index >= 15 is 0 Å². The molecule has 0 aromatic heterocycles. The highest BCUT2D eigenvalue weighted by Crippen LogP contribution is 2.66. The maximum absolute atomic E-state index is 13.4. The van der Waals surface area contributed by atoms with Gasteiger partial charge in [-0.05, 0) is 48.1 Å². The Hall–Kier alpha value is -2.67. The lowest BCUT2D eigenvalue weighted by molar-refractivity contribution is -0.155. The van der Waals surface area contributed by atoms with Crippen LogP contribution >= 0.6 is 15.9 Å². The lowest BCUT2D eigenvalue weighted by atomic mass is 9.81. The molecule has 2 aliphatic carbocycles. The Morgan fingerprint density at radius 3 is 2.10 bits per heavy atom. The monoisotopic (exact) mass is 480 g/mol. The summed E-state index contributed by atoms with van der Waals surface area (Å²) in [6.45, 7) is 0. The van der Waals surface area contributed by atoms with Gasteiger partial charge in [0.25, 0.3) is 0 Å². The van der Waals surface area contributed by atoms with Crippen molar-refractivity contribution in [3.05, 3.63) is 64.6 Å². The maximum Gasteiger partial charge on any atom is 0.327 e. The fraction of sp³-hybridized carbons (Fsp3) is 0.375. The Morgan fingerprint density at radius 2 is 1.55 bits per heavy atom. The van der Waals surface area contributed by atoms with Crippen LogP contribution in [-0.4, -0.2) is 45.9 Å². The number of piperidine rings is 1. The zero-order chi connectivity index (χ0) is 21.4. The number of anilines is 1. The minimum Gasteiger partial charge on any atom is -0.480 e. The molecule has 4 fully saturated rings. The van der Waals surface area contributed by atoms with Crippen molar-refractivity contribution in [2.75, 3.05) is 4.90 Å². The van der Waals surface area contributed by atoms with Crippen LogP contribution in [0.4, 0.5) is 5.69 Å². The standard InChI is InChI=1S/C24H21BrN2O4/c25-13-6-8-14(9-7-13)26-20-15-11-16(21(20)26)19-18(15)22(28)27(23(19)29)17(24(30)31)10-12-4-2-1-3-5-12/h1-9,15-21H,10-11H2,(H,30,31). The number of carboxylic acids is 1. The number of rotatable bonds is 5. The minimum atomic E-state index is -1.15. The molecule has 6 nitrogen and oxygen atoms in total. The van der Waals surface area contributed by atoms with Crippen LogP contribution in [0.2, 0.25) is 0 Å². The highest BCUT2D eigenvalue weighted by atomic mass is 79.9. The van der Waals surface area contributed by atoms with Gasteiger partial charge in [0.05, 0.1) is 23.9 Å². The zero-order valence-corrected chi connectivity index (χ0v) is 18.2. The maximum atomic E-state index is 13.4. The van der Waals surface area contributed by atoms with Crippen molar-refractivity contribution in [2.45, 2.75) is 31.0 Å². The van der Waals surface area contributed by atoms with E-state index < -0.39 is 12.0 Å². The summed E-state index contributed by atoms with van der Waals surface area (Å²) in [4.78, 5) is 42.3. The summed E-state index contributed by atoms with van der Waals surface area (Å²) < 4.78 is 1.02. The van der Waals surface area contributed by atoms with E-state index in [0.717, 1.165) is 27.0 Å². The molecule has 0 spiro atoms. The number of carbonyl (C=O) groups is 3. The topological polar surface area (TPSA) is 77.7 Å². The Kier molecular flexibility index (Phi) is 4.09. The number of hydrogen-bond donors (Lipinski definition) is 1. The van der Waals surface area contributed by atoms with Gasteiger partial charge in [-0.1, -0.05) is 46.3 Å². The highest BCUT2D eigenvalue weighted by molar-refractivity contribution is 9.10. The van der Waals surface area contributed by atoms with Crippen LogP contribution in [0.25, 0.3) is 0 Å². The quantitative estimate of drug-likeness (QED) is 0.525. The van der Waals surface area contributed by atoms with Crippen molar-refractivity contribution in [3.8, 4) is 0 Å². The molecule has 2 aliphatic heterocycles. The van der Waals surface area contributed by atoms with Gasteiger partial charge in [0.15, 0.2) is 0 Å². The Labute approximate surface area is 188 Å². The summed E-state index contributed by atoms with van der Waals surface area (Å²) in [7, 11) is 0. The van der Waals surface area contributed by atoms with Crippen molar-refractivity contribution < 1.29 is 19.5 Å². The molecule has 2 saturated carbocycles. The van der Waals surface area contributed by atoms with E-state index in [2.05, 4.69) is 33.0 Å². The first-order valence-electron chi connectivity index (χ1n) is 10.6. The Bertz CT molecular complexity index is 1050. The van der Waals surface area contributed by atoms with Crippen LogP contribution < -0.4 is 4.90 Å². The Balaban J connectivity index is 1.27. The molecule has 7 heteroatoms. The van der Waals surface area contributed by atoms with Crippen molar-refractivity contribution in [1.29, 1.82) is 0 Å². The molecule has 158 valence electrons. The van der Waals surface area contributed by atoms with Crippen LogP contribution in [0.1, 0.15) is 12.0 Å². The number of likely N-dealkylation sites (tertiary alicyclic amines) is 1. The second kappa shape index (κ2) is 6.66. The van der Waals surface area contributed by atoms with Gasteiger partial charge >= 0.3 is 5.97 Å². The molecule has 7 unspecified atom stereocenters. The second-order valence-electron chi connectivity index (χ2n) is 9.07. The fourth-order valence-electron chi connectivity index (χ4n) is 6.53. The molecule has 2 bridgehead atoms. The summed E-state index contributed by atoms with van der Waals surface area (Å²) in [5, 5.41) is 9.86. The van der Waals surface area contributed by atoms with Crippen LogP contribution in [0.3, 0.4) is 0 Å². The fourth-order valence-corrected chi connectivity index (χ4v) is 6.79. The van der Waals surface area contributed by atoms with Crippen molar-refractivity contribution in [3.63, 3.8) is 0 Å². The van der Waals surface area contributed by atoms with Crippen LogP contribution in [0.15, 0.2) is 59.1 Å². The van der Waals surface area contributed by atoms with Crippen LogP contribution in [0, 0.1) is 23.7 Å². The predicted octanol–water partition coefficient (Wildman–Crippen LogP) is 2.95. The highest BCUT2D eigenvalue weighted by Gasteiger charge is 2.76. The second-order valence-corrected chi connectivity index (χ2v) is 9.99. The SMILES string of the molecule is O=C(O)C(Cc1ccccc1)N1C(=O)C2C3CC(C2C1=O)C1C3N1c1ccc(Br)cc1. The summed E-state index contributed by atoms with van der Waals surface area (Å²) in [5.74, 6) is -2.21. The number of benzene rings is 2. The third kappa shape index (κ3) is 2.65. The number of carbonyl (C=O) groups excluding carboxylic acids is 2. The van der Waals surface area contributed by atoms with Crippen LogP contribution in [-0.2, 0) is 20.8 Å². The first-order valence-corrected chi connectivity index (χ1v) is 11.4. The Morgan fingerprint density at radius 1 is 0.968 bits per heavy atom. The zero-order valence-electron chi connectivity index (χ0n) is 16.6. The summed E-state index contributed by atoms with van der Waals surface area (Å²) in [5.41, 5.74) is 1.93. The summed E-state index contributed by atoms with van der Waals surface area (Å²) >= 11 is 3.46. The molecule has 2 amide bonds. The molecule has 2 saturated heterocycles. The van der Waals surface area contributed by atoms with E-state index in [9.17, 15) is 19.5 Å². The van der Waals surface area contributed by atoms with E-state index in [1.807, 2.05) is 42.5 Å². The molecule has 0 radical (unpaired) electrons. The van der Waals surface area contributed by atoms with E-state index in [-0.39, 0.29) is 54.0 Å². The normalized spacial score (nSPS) is 33.5. The first kappa shape index (κ1) is 19.0. The molecule has 4 aliphatic rings. The smallest absolute Gasteiger partial charge is 0.327 e. The van der Waals surface area contributed by atoms with Gasteiger partial charge in [-0.3, -0.25) is 14.5 Å². The van der Waals surface area contributed by atoms with Gasteiger partial charge in [0, 0.05) is 16.6 Å². The lowest BCUT2D eigenvalue weighted by Crippen LogP contribution is -2.47.